The number of allylic oxidation sites excluding steroid dienone is 13. The number of fused-ring (bicyclic) bond motifs is 6. The van der Waals surface area contributed by atoms with Crippen molar-refractivity contribution in [1.29, 1.82) is 0 Å². The smallest absolute Gasteiger partial charge is 0.0890 e. The summed E-state index contributed by atoms with van der Waals surface area (Å²) in [5, 5.41) is 5.44. The van der Waals surface area contributed by atoms with Crippen molar-refractivity contribution in [2.45, 2.75) is 12.8 Å². The summed E-state index contributed by atoms with van der Waals surface area (Å²) in [6, 6.07) is 15.8. The maximum atomic E-state index is 2.37. The van der Waals surface area contributed by atoms with Crippen LogP contribution in [-0.2, 0) is 6.42 Å². The zero-order valence-electron chi connectivity index (χ0n) is 17.9. The molecule has 0 N–H and O–H groups in total. The second kappa shape index (κ2) is 8.66. The Balaban J connectivity index is 1.69. The molecule has 0 aromatic heterocycles. The second-order valence-corrected chi connectivity index (χ2v) is 8.16. The van der Waals surface area contributed by atoms with Crippen LogP contribution in [0.4, 0.5) is 0 Å². The highest BCUT2D eigenvalue weighted by atomic mass is 14.2. The lowest BCUT2D eigenvalue weighted by molar-refractivity contribution is 1.00. The van der Waals surface area contributed by atoms with Gasteiger partial charge in [0.15, 0.2) is 0 Å². The molecule has 0 aliphatic heterocycles. The van der Waals surface area contributed by atoms with E-state index in [4.69, 9.17) is 0 Å². The Morgan fingerprint density at radius 2 is 1.42 bits per heavy atom. The van der Waals surface area contributed by atoms with E-state index in [0.29, 0.717) is 0 Å². The van der Waals surface area contributed by atoms with Gasteiger partial charge in [0, 0.05) is 0 Å². The highest BCUT2D eigenvalue weighted by molar-refractivity contribution is 6.23. The third kappa shape index (κ3) is 3.92. The molecular weight excluding hydrogens is 371 g/mol. The van der Waals surface area contributed by atoms with Crippen molar-refractivity contribution in [3.05, 3.63) is 131 Å². The quantitative estimate of drug-likeness (QED) is 0.304. The van der Waals surface area contributed by atoms with Crippen LogP contribution in [0.1, 0.15) is 23.1 Å². The van der Waals surface area contributed by atoms with Gasteiger partial charge in [-0.3, -0.25) is 0 Å². The van der Waals surface area contributed by atoms with E-state index in [0.717, 1.165) is 12.8 Å². The van der Waals surface area contributed by atoms with Gasteiger partial charge in [-0.2, -0.15) is 0 Å². The number of aryl methyl sites for hydroxylation is 1. The van der Waals surface area contributed by atoms with E-state index in [-0.39, 0.29) is 0 Å². The van der Waals surface area contributed by atoms with Crippen LogP contribution in [-0.4, -0.2) is 7.85 Å². The normalized spacial score (nSPS) is 23.5. The molecule has 1 heteroatoms. The van der Waals surface area contributed by atoms with E-state index in [9.17, 15) is 0 Å². The van der Waals surface area contributed by atoms with E-state index in [1.807, 2.05) is 0 Å². The fourth-order valence-electron chi connectivity index (χ4n) is 4.52. The first-order valence-corrected chi connectivity index (χ1v) is 11.0. The molecule has 0 saturated heterocycles. The lowest BCUT2D eigenvalue weighted by Gasteiger charge is -2.18. The summed E-state index contributed by atoms with van der Waals surface area (Å²) in [5.41, 5.74) is 6.56. The molecule has 0 fully saturated rings. The average Bonchev–Trinajstić information content (AvgIpc) is 2.81. The van der Waals surface area contributed by atoms with Gasteiger partial charge in [0.25, 0.3) is 0 Å². The molecule has 0 unspecified atom stereocenters. The number of rotatable bonds is 1. The summed E-state index contributed by atoms with van der Waals surface area (Å²) < 4.78 is 0. The molecule has 2 aliphatic carbocycles. The highest BCUT2D eigenvalue weighted by Crippen LogP contribution is 2.37. The van der Waals surface area contributed by atoms with Crippen LogP contribution in [0.15, 0.2) is 115 Å². The summed E-state index contributed by atoms with van der Waals surface area (Å²) in [6.45, 7) is 0. The summed E-state index contributed by atoms with van der Waals surface area (Å²) in [7, 11) is 2.12. The van der Waals surface area contributed by atoms with Crippen molar-refractivity contribution in [1.82, 2.24) is 0 Å². The van der Waals surface area contributed by atoms with Crippen LogP contribution in [0.25, 0.3) is 33.2 Å². The van der Waals surface area contributed by atoms with Crippen LogP contribution in [0.3, 0.4) is 0 Å². The Kier molecular flexibility index (Phi) is 5.41. The molecule has 31 heavy (non-hydrogen) atoms. The highest BCUT2D eigenvalue weighted by Gasteiger charge is 2.15. The molecule has 0 radical (unpaired) electrons. The van der Waals surface area contributed by atoms with Crippen molar-refractivity contribution >= 4 is 41.0 Å². The molecule has 0 spiro atoms. The van der Waals surface area contributed by atoms with Crippen LogP contribution >= 0.6 is 0 Å². The molecule has 0 heterocycles. The summed E-state index contributed by atoms with van der Waals surface area (Å²) >= 11 is 0. The monoisotopic (exact) mass is 396 g/mol. The molecular formula is C30H25B. The van der Waals surface area contributed by atoms with Gasteiger partial charge in [0.1, 0.15) is 7.85 Å². The van der Waals surface area contributed by atoms with Gasteiger partial charge in [-0.1, -0.05) is 115 Å². The van der Waals surface area contributed by atoms with Crippen LogP contribution in [0, 0.1) is 0 Å². The lowest BCUT2D eigenvalue weighted by atomic mass is 9.85. The Morgan fingerprint density at radius 1 is 0.645 bits per heavy atom. The Morgan fingerprint density at radius 3 is 2.32 bits per heavy atom. The van der Waals surface area contributed by atoms with Gasteiger partial charge in [-0.15, -0.1) is 0 Å². The van der Waals surface area contributed by atoms with Gasteiger partial charge < -0.3 is 0 Å². The van der Waals surface area contributed by atoms with Crippen molar-refractivity contribution in [3.63, 3.8) is 0 Å². The van der Waals surface area contributed by atoms with Gasteiger partial charge in [-0.05, 0) is 62.7 Å². The zero-order chi connectivity index (χ0) is 21.0. The summed E-state index contributed by atoms with van der Waals surface area (Å²) in [6.07, 6.45) is 28.1. The topological polar surface area (TPSA) is 0 Å². The second-order valence-electron chi connectivity index (χ2n) is 8.16. The molecule has 148 valence electrons. The third-order valence-electron chi connectivity index (χ3n) is 6.07. The fourth-order valence-corrected chi connectivity index (χ4v) is 4.52. The minimum atomic E-state index is 1.11. The molecule has 3 aromatic carbocycles. The van der Waals surface area contributed by atoms with E-state index in [1.54, 1.807) is 0 Å². The largest absolute Gasteiger partial charge is 0.139 e. The summed E-state index contributed by atoms with van der Waals surface area (Å²) in [4.78, 5) is 0. The minimum absolute atomic E-state index is 1.11. The minimum Gasteiger partial charge on any atom is -0.0890 e. The van der Waals surface area contributed by atoms with Crippen molar-refractivity contribution in [3.8, 4) is 0 Å². The molecule has 2 aliphatic rings. The lowest BCUT2D eigenvalue weighted by Crippen LogP contribution is -1.98. The maximum absolute atomic E-state index is 2.37. The molecule has 5 rings (SSSR count). The van der Waals surface area contributed by atoms with Crippen molar-refractivity contribution < 1.29 is 0 Å². The van der Waals surface area contributed by atoms with Crippen LogP contribution in [0.2, 0.25) is 0 Å². The fraction of sp³-hybridized carbons (Fsp3) is 0.0667. The predicted octanol–water partition coefficient (Wildman–Crippen LogP) is 7.09. The predicted molar refractivity (Wildman–Crippen MR) is 140 cm³/mol. The Hall–Kier alpha value is -3.58. The van der Waals surface area contributed by atoms with E-state index >= 15 is 0 Å². The first-order valence-electron chi connectivity index (χ1n) is 11.0. The molecule has 0 amide bonds. The number of hydrogen-bond donors (Lipinski definition) is 0. The van der Waals surface area contributed by atoms with Gasteiger partial charge in [-0.25, -0.2) is 0 Å². The Bertz CT molecular complexity index is 1370. The molecule has 0 bridgehead atoms. The first-order chi connectivity index (χ1) is 15.3. The van der Waals surface area contributed by atoms with E-state index in [2.05, 4.69) is 123 Å². The maximum Gasteiger partial charge on any atom is 0.139 e. The molecule has 0 nitrogen and oxygen atoms in total. The van der Waals surface area contributed by atoms with Crippen molar-refractivity contribution in [2.75, 3.05) is 0 Å². The van der Waals surface area contributed by atoms with Gasteiger partial charge >= 0.3 is 0 Å². The standard InChI is InChI=1S/C30H25B/c31-24-13-4-2-1-3-11-22(12-5-6-14-24)23-19-20-29-27-17-8-7-15-25(27)26-16-9-10-18-28(26)30(29)21-23/h1-8,10-15,17-21H,9,16,31H2/b2-1?,3-1-,4-2-,6-5?,11-3?,12-5+,13-4?,14-6+,22-11+,22-12?,24-13+,24-14?. The van der Waals surface area contributed by atoms with E-state index in [1.165, 1.54) is 49.3 Å². The first kappa shape index (κ1) is 19.4. The Labute approximate surface area is 185 Å². The average molecular weight is 396 g/mol. The SMILES string of the molecule is BC1=C/C=C\C=C/C=C(c2ccc3c(c2)c2c(c4ccccc43)CCC=C2)\C=C\C=C\1. The van der Waals surface area contributed by atoms with Crippen LogP contribution in [0.5, 0.6) is 0 Å². The van der Waals surface area contributed by atoms with Crippen LogP contribution < -0.4 is 0 Å². The number of benzene rings is 3. The molecule has 3 aromatic rings. The molecule has 0 saturated carbocycles. The zero-order valence-corrected chi connectivity index (χ0v) is 17.9. The van der Waals surface area contributed by atoms with E-state index < -0.39 is 0 Å². The van der Waals surface area contributed by atoms with Gasteiger partial charge in [0.2, 0.25) is 0 Å². The third-order valence-corrected chi connectivity index (χ3v) is 6.07. The van der Waals surface area contributed by atoms with Gasteiger partial charge in [0.05, 0.1) is 0 Å². The molecule has 0 atom stereocenters. The number of hydrogen-bond acceptors (Lipinski definition) is 0. The van der Waals surface area contributed by atoms with Crippen molar-refractivity contribution in [2.24, 2.45) is 0 Å². The summed E-state index contributed by atoms with van der Waals surface area (Å²) in [5.74, 6) is 0.